The van der Waals surface area contributed by atoms with Gasteiger partial charge in [0.15, 0.2) is 0 Å². The molecule has 0 bridgehead atoms. The van der Waals surface area contributed by atoms with E-state index >= 15 is 0 Å². The first-order valence-corrected chi connectivity index (χ1v) is 10.6. The van der Waals surface area contributed by atoms with Gasteiger partial charge in [-0.15, -0.1) is 0 Å². The van der Waals surface area contributed by atoms with Crippen LogP contribution in [0.4, 0.5) is 0 Å². The average molecular weight is 343 g/mol. The molecule has 3 heterocycles. The van der Waals surface area contributed by atoms with Gasteiger partial charge in [-0.3, -0.25) is 10.1 Å². The van der Waals surface area contributed by atoms with E-state index in [1.807, 2.05) is 30.4 Å². The van der Waals surface area contributed by atoms with Crippen molar-refractivity contribution in [1.82, 2.24) is 10.2 Å². The summed E-state index contributed by atoms with van der Waals surface area (Å²) in [4.78, 5) is 15.0. The first kappa shape index (κ1) is 15.7. The zero-order chi connectivity index (χ0) is 14.9. The lowest BCUT2D eigenvalue weighted by Gasteiger charge is -2.30. The summed E-state index contributed by atoms with van der Waals surface area (Å²) in [5, 5.41) is 8.39. The van der Waals surface area contributed by atoms with Crippen molar-refractivity contribution < 1.29 is 4.79 Å². The van der Waals surface area contributed by atoms with Gasteiger partial charge in [0.05, 0.1) is 5.54 Å². The number of rotatable bonds is 4. The Morgan fingerprint density at radius 3 is 2.95 bits per heavy atom. The second-order valence-corrected chi connectivity index (χ2v) is 9.15. The normalized spacial score (nSPS) is 33.6. The highest BCUT2D eigenvalue weighted by molar-refractivity contribution is 8.06. The smallest absolute Gasteiger partial charge is 0.244 e. The fourth-order valence-electron chi connectivity index (χ4n) is 2.87. The largest absolute Gasteiger partial charge is 0.320 e. The zero-order valence-electron chi connectivity index (χ0n) is 12.5. The van der Waals surface area contributed by atoms with Crippen LogP contribution in [0.1, 0.15) is 32.0 Å². The molecule has 1 N–H and O–H groups in total. The molecule has 21 heavy (non-hydrogen) atoms. The number of carbonyl (C=O) groups is 1. The molecular formula is C15H22N2OS3. The summed E-state index contributed by atoms with van der Waals surface area (Å²) in [7, 11) is 0. The quantitative estimate of drug-likeness (QED) is 0.911. The molecule has 3 rings (SSSR count). The van der Waals surface area contributed by atoms with E-state index in [0.29, 0.717) is 5.25 Å². The predicted molar refractivity (Wildman–Crippen MR) is 94.2 cm³/mol. The van der Waals surface area contributed by atoms with Gasteiger partial charge in [-0.1, -0.05) is 6.92 Å². The molecule has 2 aliphatic rings. The minimum absolute atomic E-state index is 0.0428. The van der Waals surface area contributed by atoms with Crippen molar-refractivity contribution in [3.63, 3.8) is 0 Å². The van der Waals surface area contributed by atoms with Crippen LogP contribution >= 0.6 is 34.9 Å². The fraction of sp³-hybridized carbons (Fsp3) is 0.667. The maximum Gasteiger partial charge on any atom is 0.244 e. The molecule has 2 saturated heterocycles. The van der Waals surface area contributed by atoms with Crippen molar-refractivity contribution in [1.29, 1.82) is 0 Å². The highest BCUT2D eigenvalue weighted by Gasteiger charge is 2.47. The van der Waals surface area contributed by atoms with Crippen LogP contribution < -0.4 is 5.32 Å². The summed E-state index contributed by atoms with van der Waals surface area (Å²) < 4.78 is 0. The minimum atomic E-state index is -0.418. The lowest BCUT2D eigenvalue weighted by molar-refractivity contribution is -0.133. The Morgan fingerprint density at radius 2 is 2.33 bits per heavy atom. The van der Waals surface area contributed by atoms with E-state index in [9.17, 15) is 4.79 Å². The third kappa shape index (κ3) is 3.14. The van der Waals surface area contributed by atoms with E-state index in [-0.39, 0.29) is 12.1 Å². The number of thioether (sulfide) groups is 2. The van der Waals surface area contributed by atoms with E-state index in [4.69, 9.17) is 0 Å². The summed E-state index contributed by atoms with van der Waals surface area (Å²) >= 11 is 5.73. The molecule has 1 aromatic rings. The summed E-state index contributed by atoms with van der Waals surface area (Å²) in [6, 6.07) is 2.13. The summed E-state index contributed by atoms with van der Waals surface area (Å²) in [6.45, 7) is 4.99. The molecule has 0 saturated carbocycles. The number of amides is 1. The molecule has 3 unspecified atom stereocenters. The van der Waals surface area contributed by atoms with Crippen molar-refractivity contribution in [2.24, 2.45) is 0 Å². The Balaban J connectivity index is 1.81. The van der Waals surface area contributed by atoms with Crippen LogP contribution in [0.2, 0.25) is 0 Å². The van der Waals surface area contributed by atoms with Crippen LogP contribution in [0.15, 0.2) is 16.8 Å². The SMILES string of the molecule is CCC1(C)NC(c2ccsc2)N(CC2CSCCS2)C1=O. The molecule has 0 aliphatic carbocycles. The van der Waals surface area contributed by atoms with E-state index in [1.54, 1.807) is 11.3 Å². The Kier molecular flexibility index (Phi) is 4.88. The minimum Gasteiger partial charge on any atom is -0.320 e. The van der Waals surface area contributed by atoms with Gasteiger partial charge in [-0.2, -0.15) is 34.9 Å². The number of nitrogens with one attached hydrogen (secondary N) is 1. The Labute approximate surface area is 139 Å². The summed E-state index contributed by atoms with van der Waals surface area (Å²) in [6.07, 6.45) is 0.872. The second kappa shape index (κ2) is 6.52. The summed E-state index contributed by atoms with van der Waals surface area (Å²) in [5.41, 5.74) is 0.804. The van der Waals surface area contributed by atoms with Gasteiger partial charge >= 0.3 is 0 Å². The number of nitrogens with zero attached hydrogens (tertiary/aromatic N) is 1. The van der Waals surface area contributed by atoms with Crippen LogP contribution in [-0.4, -0.2) is 45.4 Å². The zero-order valence-corrected chi connectivity index (χ0v) is 15.0. The molecule has 0 spiro atoms. The highest BCUT2D eigenvalue weighted by atomic mass is 32.2. The van der Waals surface area contributed by atoms with Crippen molar-refractivity contribution in [2.45, 2.75) is 37.2 Å². The predicted octanol–water partition coefficient (Wildman–Crippen LogP) is 3.20. The van der Waals surface area contributed by atoms with Gasteiger partial charge in [0.1, 0.15) is 6.17 Å². The highest BCUT2D eigenvalue weighted by Crippen LogP contribution is 2.35. The van der Waals surface area contributed by atoms with Crippen LogP contribution in [-0.2, 0) is 4.79 Å². The van der Waals surface area contributed by atoms with Gasteiger partial charge in [0, 0.05) is 29.1 Å². The molecule has 0 aromatic carbocycles. The lowest BCUT2D eigenvalue weighted by Crippen LogP contribution is -2.44. The lowest BCUT2D eigenvalue weighted by atomic mass is 9.99. The fourth-order valence-corrected chi connectivity index (χ4v) is 6.22. The Hall–Kier alpha value is -0.170. The van der Waals surface area contributed by atoms with Crippen molar-refractivity contribution >= 4 is 40.8 Å². The topological polar surface area (TPSA) is 32.3 Å². The maximum absolute atomic E-state index is 12.9. The molecule has 3 atom stereocenters. The summed E-state index contributed by atoms with van der Waals surface area (Å²) in [5.74, 6) is 3.87. The molecule has 6 heteroatoms. The molecule has 116 valence electrons. The first-order chi connectivity index (χ1) is 10.1. The van der Waals surface area contributed by atoms with Crippen LogP contribution in [0.3, 0.4) is 0 Å². The molecule has 1 aromatic heterocycles. The van der Waals surface area contributed by atoms with E-state index in [0.717, 1.165) is 18.7 Å². The Morgan fingerprint density at radius 1 is 1.48 bits per heavy atom. The first-order valence-electron chi connectivity index (χ1n) is 7.44. The Bertz CT molecular complexity index is 487. The van der Waals surface area contributed by atoms with Crippen LogP contribution in [0.5, 0.6) is 0 Å². The van der Waals surface area contributed by atoms with E-state index in [2.05, 4.69) is 34.0 Å². The van der Waals surface area contributed by atoms with Crippen LogP contribution in [0.25, 0.3) is 0 Å². The van der Waals surface area contributed by atoms with Crippen molar-refractivity contribution in [3.05, 3.63) is 22.4 Å². The number of carbonyl (C=O) groups excluding carboxylic acids is 1. The second-order valence-electron chi connectivity index (χ2n) is 5.81. The molecule has 3 nitrogen and oxygen atoms in total. The van der Waals surface area contributed by atoms with Gasteiger partial charge in [0.25, 0.3) is 0 Å². The molecule has 2 fully saturated rings. The van der Waals surface area contributed by atoms with E-state index < -0.39 is 5.54 Å². The number of hydrogen-bond acceptors (Lipinski definition) is 5. The van der Waals surface area contributed by atoms with Crippen molar-refractivity contribution in [3.8, 4) is 0 Å². The standard InChI is InChI=1S/C15H22N2OS3/c1-3-15(2)14(18)17(8-12-10-20-6-7-21-12)13(16-15)11-4-5-19-9-11/h4-5,9,12-13,16H,3,6-8,10H2,1-2H3. The van der Waals surface area contributed by atoms with E-state index in [1.165, 1.54) is 17.1 Å². The molecular weight excluding hydrogens is 320 g/mol. The monoisotopic (exact) mass is 342 g/mol. The average Bonchev–Trinajstić information content (AvgIpc) is 3.11. The van der Waals surface area contributed by atoms with Gasteiger partial charge in [-0.25, -0.2) is 0 Å². The maximum atomic E-state index is 12.9. The van der Waals surface area contributed by atoms with Gasteiger partial charge in [0.2, 0.25) is 5.91 Å². The molecule has 1 amide bonds. The number of hydrogen-bond donors (Lipinski definition) is 1. The third-order valence-corrected chi connectivity index (χ3v) is 7.88. The molecule has 0 radical (unpaired) electrons. The molecule has 2 aliphatic heterocycles. The van der Waals surface area contributed by atoms with Crippen molar-refractivity contribution in [2.75, 3.05) is 23.8 Å². The third-order valence-electron chi connectivity index (χ3n) is 4.35. The van der Waals surface area contributed by atoms with Gasteiger partial charge < -0.3 is 4.90 Å². The number of thiophene rings is 1. The van der Waals surface area contributed by atoms with Crippen LogP contribution in [0, 0.1) is 0 Å². The van der Waals surface area contributed by atoms with Gasteiger partial charge in [-0.05, 0) is 35.7 Å².